The van der Waals surface area contributed by atoms with Gasteiger partial charge in [0.25, 0.3) is 0 Å². The van der Waals surface area contributed by atoms with Crippen LogP contribution in [0.1, 0.15) is 31.2 Å². The summed E-state index contributed by atoms with van der Waals surface area (Å²) in [5, 5.41) is 0. The molecule has 2 heteroatoms. The summed E-state index contributed by atoms with van der Waals surface area (Å²) in [6.45, 7) is 0. The fourth-order valence-corrected chi connectivity index (χ4v) is 3.62. The zero-order valence-corrected chi connectivity index (χ0v) is 9.86. The molecule has 3 unspecified atom stereocenters. The van der Waals surface area contributed by atoms with Crippen LogP contribution in [0.25, 0.3) is 0 Å². The molecule has 2 bridgehead atoms. The van der Waals surface area contributed by atoms with Gasteiger partial charge in [-0.15, -0.1) is 0 Å². The molecular weight excluding hydrogens is 215 g/mol. The fourth-order valence-electron chi connectivity index (χ4n) is 3.62. The lowest BCUT2D eigenvalue weighted by molar-refractivity contribution is -0.123. The van der Waals surface area contributed by atoms with Gasteiger partial charge in [-0.25, -0.2) is 4.39 Å². The van der Waals surface area contributed by atoms with E-state index in [2.05, 4.69) is 0 Å². The minimum atomic E-state index is -0.247. The molecule has 1 aromatic carbocycles. The summed E-state index contributed by atoms with van der Waals surface area (Å²) in [7, 11) is 0. The van der Waals surface area contributed by atoms with Crippen LogP contribution in [0.3, 0.4) is 0 Å². The Bertz CT molecular complexity index is 440. The first-order chi connectivity index (χ1) is 8.22. The van der Waals surface area contributed by atoms with E-state index < -0.39 is 0 Å². The van der Waals surface area contributed by atoms with Crippen molar-refractivity contribution in [3.05, 3.63) is 35.6 Å². The summed E-state index contributed by atoms with van der Waals surface area (Å²) in [5.74, 6) is 1.76. The molecule has 0 heterocycles. The van der Waals surface area contributed by atoms with Crippen LogP contribution in [0.2, 0.25) is 0 Å². The molecule has 2 aliphatic carbocycles. The molecule has 0 amide bonds. The molecule has 1 nitrogen and oxygen atoms in total. The maximum absolute atomic E-state index is 13.0. The number of rotatable bonds is 3. The summed E-state index contributed by atoms with van der Waals surface area (Å²) in [4.78, 5) is 12.2. The van der Waals surface area contributed by atoms with Gasteiger partial charge in [-0.3, -0.25) is 4.79 Å². The second-order valence-electron chi connectivity index (χ2n) is 5.55. The van der Waals surface area contributed by atoms with E-state index in [0.717, 1.165) is 17.9 Å². The van der Waals surface area contributed by atoms with E-state index in [4.69, 9.17) is 0 Å². The second kappa shape index (κ2) is 4.25. The van der Waals surface area contributed by atoms with E-state index in [1.807, 2.05) is 6.07 Å². The highest BCUT2D eigenvalue weighted by molar-refractivity contribution is 5.84. The molecule has 0 aromatic heterocycles. The van der Waals surface area contributed by atoms with Gasteiger partial charge in [-0.1, -0.05) is 18.6 Å². The number of carbonyl (C=O) groups is 1. The first kappa shape index (κ1) is 10.9. The molecule has 2 aliphatic rings. The maximum atomic E-state index is 13.0. The normalized spacial score (nSPS) is 30.8. The molecule has 1 aromatic rings. The molecular formula is C15H17FO. The number of fused-ring (bicyclic) bond motifs is 2. The Morgan fingerprint density at radius 3 is 2.82 bits per heavy atom. The third-order valence-corrected chi connectivity index (χ3v) is 4.42. The number of ketones is 1. The van der Waals surface area contributed by atoms with Crippen molar-refractivity contribution >= 4 is 5.78 Å². The lowest BCUT2D eigenvalue weighted by Gasteiger charge is -2.20. The minimum absolute atomic E-state index is 0.247. The number of hydrogen-bond donors (Lipinski definition) is 0. The topological polar surface area (TPSA) is 17.1 Å². The van der Waals surface area contributed by atoms with Gasteiger partial charge in [0, 0.05) is 12.3 Å². The van der Waals surface area contributed by atoms with Gasteiger partial charge in [-0.2, -0.15) is 0 Å². The second-order valence-corrected chi connectivity index (χ2v) is 5.55. The van der Waals surface area contributed by atoms with Crippen LogP contribution in [0.4, 0.5) is 4.39 Å². The number of benzene rings is 1. The SMILES string of the molecule is O=C(Cc1cccc(F)c1)C1CC2CCC1C2. The van der Waals surface area contributed by atoms with Gasteiger partial charge in [0.15, 0.2) is 0 Å². The first-order valence-electron chi connectivity index (χ1n) is 6.49. The Morgan fingerprint density at radius 2 is 2.18 bits per heavy atom. The van der Waals surface area contributed by atoms with Crippen molar-refractivity contribution < 1.29 is 9.18 Å². The molecule has 0 N–H and O–H groups in total. The largest absolute Gasteiger partial charge is 0.299 e. The summed E-state index contributed by atoms with van der Waals surface area (Å²) < 4.78 is 13.0. The summed E-state index contributed by atoms with van der Waals surface area (Å²) in [5.41, 5.74) is 0.817. The highest BCUT2D eigenvalue weighted by Crippen LogP contribution is 2.48. The number of halogens is 1. The maximum Gasteiger partial charge on any atom is 0.140 e. The Labute approximate surface area is 101 Å². The lowest BCUT2D eigenvalue weighted by Crippen LogP contribution is -2.22. The van der Waals surface area contributed by atoms with Gasteiger partial charge < -0.3 is 0 Å². The molecule has 2 saturated carbocycles. The molecule has 0 radical (unpaired) electrons. The lowest BCUT2D eigenvalue weighted by atomic mass is 9.83. The van der Waals surface area contributed by atoms with Crippen molar-refractivity contribution in [1.29, 1.82) is 0 Å². The van der Waals surface area contributed by atoms with E-state index in [-0.39, 0.29) is 11.7 Å². The predicted molar refractivity (Wildman–Crippen MR) is 64.0 cm³/mol. The average molecular weight is 232 g/mol. The number of Topliss-reactive ketones (excluding diaryl/α,β-unsaturated/α-hetero) is 1. The summed E-state index contributed by atoms with van der Waals surface area (Å²) >= 11 is 0. The van der Waals surface area contributed by atoms with E-state index >= 15 is 0 Å². The predicted octanol–water partition coefficient (Wildman–Crippen LogP) is 3.37. The minimum Gasteiger partial charge on any atom is -0.299 e. The van der Waals surface area contributed by atoms with Crippen molar-refractivity contribution in [3.8, 4) is 0 Å². The molecule has 0 aliphatic heterocycles. The highest BCUT2D eigenvalue weighted by atomic mass is 19.1. The first-order valence-corrected chi connectivity index (χ1v) is 6.49. The van der Waals surface area contributed by atoms with E-state index in [1.165, 1.54) is 31.4 Å². The van der Waals surface area contributed by atoms with Gasteiger partial charge in [0.05, 0.1) is 0 Å². The van der Waals surface area contributed by atoms with Gasteiger partial charge in [0.2, 0.25) is 0 Å². The van der Waals surface area contributed by atoms with Crippen LogP contribution in [-0.4, -0.2) is 5.78 Å². The Kier molecular flexibility index (Phi) is 2.73. The molecule has 0 spiro atoms. The summed E-state index contributed by atoms with van der Waals surface area (Å²) in [6.07, 6.45) is 5.28. The highest BCUT2D eigenvalue weighted by Gasteiger charge is 2.42. The van der Waals surface area contributed by atoms with Crippen molar-refractivity contribution in [2.24, 2.45) is 17.8 Å². The smallest absolute Gasteiger partial charge is 0.140 e. The molecule has 3 atom stereocenters. The standard InChI is InChI=1S/C15H17FO/c16-13-3-1-2-10(7-13)9-15(17)14-8-11-4-5-12(14)6-11/h1-3,7,11-12,14H,4-6,8-9H2. The molecule has 2 fully saturated rings. The van der Waals surface area contributed by atoms with E-state index in [9.17, 15) is 9.18 Å². The van der Waals surface area contributed by atoms with Crippen LogP contribution in [0.5, 0.6) is 0 Å². The number of hydrogen-bond acceptors (Lipinski definition) is 1. The molecule has 90 valence electrons. The number of carbonyl (C=O) groups excluding carboxylic acids is 1. The van der Waals surface area contributed by atoms with Gasteiger partial charge >= 0.3 is 0 Å². The van der Waals surface area contributed by atoms with Crippen LogP contribution in [0.15, 0.2) is 24.3 Å². The Hall–Kier alpha value is -1.18. The zero-order valence-electron chi connectivity index (χ0n) is 9.86. The van der Waals surface area contributed by atoms with Crippen molar-refractivity contribution in [2.75, 3.05) is 0 Å². The Balaban J connectivity index is 1.68. The third kappa shape index (κ3) is 2.13. The Morgan fingerprint density at radius 1 is 1.29 bits per heavy atom. The quantitative estimate of drug-likeness (QED) is 0.780. The van der Waals surface area contributed by atoms with Crippen molar-refractivity contribution in [2.45, 2.75) is 32.1 Å². The van der Waals surface area contributed by atoms with Crippen molar-refractivity contribution in [3.63, 3.8) is 0 Å². The van der Waals surface area contributed by atoms with E-state index in [0.29, 0.717) is 18.1 Å². The fraction of sp³-hybridized carbons (Fsp3) is 0.533. The molecule has 0 saturated heterocycles. The van der Waals surface area contributed by atoms with E-state index in [1.54, 1.807) is 6.07 Å². The van der Waals surface area contributed by atoms with Crippen LogP contribution in [0, 0.1) is 23.6 Å². The van der Waals surface area contributed by atoms with Crippen LogP contribution >= 0.6 is 0 Å². The van der Waals surface area contributed by atoms with Crippen molar-refractivity contribution in [1.82, 2.24) is 0 Å². The molecule has 17 heavy (non-hydrogen) atoms. The molecule has 3 rings (SSSR count). The zero-order chi connectivity index (χ0) is 11.8. The monoisotopic (exact) mass is 232 g/mol. The van der Waals surface area contributed by atoms with Crippen LogP contribution in [-0.2, 0) is 11.2 Å². The summed E-state index contributed by atoms with van der Waals surface area (Å²) in [6, 6.07) is 6.42. The van der Waals surface area contributed by atoms with Gasteiger partial charge in [-0.05, 0) is 48.8 Å². The average Bonchev–Trinajstić information content (AvgIpc) is 2.90. The third-order valence-electron chi connectivity index (χ3n) is 4.42. The van der Waals surface area contributed by atoms with Gasteiger partial charge in [0.1, 0.15) is 11.6 Å². The van der Waals surface area contributed by atoms with Crippen LogP contribution < -0.4 is 0 Å².